The molecule has 0 bridgehead atoms. The summed E-state index contributed by atoms with van der Waals surface area (Å²) in [4.78, 5) is 12.7. The predicted octanol–water partition coefficient (Wildman–Crippen LogP) is 3.52. The molecule has 1 aromatic rings. The molecule has 0 saturated carbocycles. The van der Waals surface area contributed by atoms with E-state index in [0.29, 0.717) is 18.6 Å². The third kappa shape index (κ3) is 6.12. The Kier molecular flexibility index (Phi) is 8.06. The van der Waals surface area contributed by atoms with Gasteiger partial charge in [-0.25, -0.2) is 0 Å². The van der Waals surface area contributed by atoms with Crippen molar-refractivity contribution in [3.8, 4) is 0 Å². The topological polar surface area (TPSA) is 55.6 Å². The highest BCUT2D eigenvalue weighted by molar-refractivity contribution is 5.33. The molecule has 0 heterocycles. The van der Waals surface area contributed by atoms with Crippen LogP contribution in [0.4, 0.5) is 5.69 Å². The van der Waals surface area contributed by atoms with E-state index in [0.717, 1.165) is 31.7 Å². The molecule has 0 aliphatic heterocycles. The van der Waals surface area contributed by atoms with Crippen LogP contribution in [0, 0.1) is 16.0 Å². The number of nitro groups is 1. The third-order valence-corrected chi connectivity index (χ3v) is 3.71. The van der Waals surface area contributed by atoms with Gasteiger partial charge in [0.25, 0.3) is 5.69 Å². The number of nitrogens with zero attached hydrogens (tertiary/aromatic N) is 2. The van der Waals surface area contributed by atoms with Crippen molar-refractivity contribution in [2.24, 2.45) is 5.92 Å². The van der Waals surface area contributed by atoms with Crippen molar-refractivity contribution in [1.29, 1.82) is 0 Å². The molecule has 1 atom stereocenters. The van der Waals surface area contributed by atoms with Crippen molar-refractivity contribution >= 4 is 5.69 Å². The molecular formula is C17H28N2O3. The lowest BCUT2D eigenvalue weighted by Crippen LogP contribution is -2.40. The van der Waals surface area contributed by atoms with E-state index in [9.17, 15) is 10.1 Å². The van der Waals surface area contributed by atoms with Gasteiger partial charge in [0.2, 0.25) is 0 Å². The maximum atomic E-state index is 10.7. The first-order chi connectivity index (χ1) is 10.5. The lowest BCUT2D eigenvalue weighted by molar-refractivity contribution is -0.384. The lowest BCUT2D eigenvalue weighted by atomic mass is 10.0. The van der Waals surface area contributed by atoms with Gasteiger partial charge in [-0.1, -0.05) is 39.8 Å². The summed E-state index contributed by atoms with van der Waals surface area (Å²) < 4.78 is 5.83. The standard InChI is InChI=1S/C17H28N2O3/c1-5-18(6-2)17(13-22-12-14(3)4)11-15-7-9-16(10-8-15)19(20)21/h7-10,14,17H,5-6,11-13H2,1-4H3. The zero-order valence-corrected chi connectivity index (χ0v) is 14.1. The molecule has 0 aliphatic rings. The maximum absolute atomic E-state index is 10.7. The third-order valence-electron chi connectivity index (χ3n) is 3.71. The maximum Gasteiger partial charge on any atom is 0.269 e. The van der Waals surface area contributed by atoms with Gasteiger partial charge in [0.15, 0.2) is 0 Å². The number of likely N-dealkylation sites (N-methyl/N-ethyl adjacent to an activating group) is 1. The molecule has 5 nitrogen and oxygen atoms in total. The normalized spacial score (nSPS) is 12.8. The molecule has 0 fully saturated rings. The second kappa shape index (κ2) is 9.54. The first kappa shape index (κ1) is 18.6. The summed E-state index contributed by atoms with van der Waals surface area (Å²) in [5.74, 6) is 0.525. The predicted molar refractivity (Wildman–Crippen MR) is 89.2 cm³/mol. The molecule has 22 heavy (non-hydrogen) atoms. The summed E-state index contributed by atoms with van der Waals surface area (Å²) in [6.07, 6.45) is 0.845. The average molecular weight is 308 g/mol. The molecule has 0 saturated heterocycles. The number of non-ortho nitro benzene ring substituents is 1. The summed E-state index contributed by atoms with van der Waals surface area (Å²) in [5.41, 5.74) is 1.25. The Balaban J connectivity index is 2.71. The number of ether oxygens (including phenoxy) is 1. The molecule has 0 amide bonds. The smallest absolute Gasteiger partial charge is 0.269 e. The largest absolute Gasteiger partial charge is 0.380 e. The van der Waals surface area contributed by atoms with Crippen LogP contribution >= 0.6 is 0 Å². The highest BCUT2D eigenvalue weighted by Gasteiger charge is 2.17. The van der Waals surface area contributed by atoms with Crippen LogP contribution in [0.1, 0.15) is 33.3 Å². The number of hydrogen-bond acceptors (Lipinski definition) is 4. The Morgan fingerprint density at radius 1 is 1.14 bits per heavy atom. The molecule has 1 aromatic carbocycles. The minimum absolute atomic E-state index is 0.138. The number of hydrogen-bond donors (Lipinski definition) is 0. The van der Waals surface area contributed by atoms with Crippen LogP contribution in [0.15, 0.2) is 24.3 Å². The SMILES string of the molecule is CCN(CC)C(COCC(C)C)Cc1ccc([N+](=O)[O-])cc1. The Hall–Kier alpha value is -1.46. The first-order valence-electron chi connectivity index (χ1n) is 8.03. The van der Waals surface area contributed by atoms with Crippen molar-refractivity contribution in [2.75, 3.05) is 26.3 Å². The van der Waals surface area contributed by atoms with E-state index in [-0.39, 0.29) is 10.6 Å². The Bertz CT molecular complexity index is 442. The van der Waals surface area contributed by atoms with Crippen molar-refractivity contribution in [3.63, 3.8) is 0 Å². The molecule has 0 aliphatic carbocycles. The van der Waals surface area contributed by atoms with Gasteiger partial charge in [0.1, 0.15) is 0 Å². The second-order valence-electron chi connectivity index (χ2n) is 5.93. The van der Waals surface area contributed by atoms with Crippen LogP contribution < -0.4 is 0 Å². The number of benzene rings is 1. The zero-order chi connectivity index (χ0) is 16.5. The van der Waals surface area contributed by atoms with Crippen LogP contribution in [0.5, 0.6) is 0 Å². The Labute approximate surface area is 133 Å². The van der Waals surface area contributed by atoms with E-state index >= 15 is 0 Å². The van der Waals surface area contributed by atoms with Gasteiger partial charge in [-0.2, -0.15) is 0 Å². The van der Waals surface area contributed by atoms with Gasteiger partial charge in [-0.15, -0.1) is 0 Å². The minimum atomic E-state index is -0.364. The molecule has 0 spiro atoms. The molecule has 5 heteroatoms. The molecule has 0 radical (unpaired) electrons. The highest BCUT2D eigenvalue weighted by atomic mass is 16.6. The summed E-state index contributed by atoms with van der Waals surface area (Å²) in [6.45, 7) is 12.0. The van der Waals surface area contributed by atoms with Gasteiger partial charge in [-0.3, -0.25) is 15.0 Å². The minimum Gasteiger partial charge on any atom is -0.380 e. The van der Waals surface area contributed by atoms with Crippen molar-refractivity contribution in [2.45, 2.75) is 40.2 Å². The van der Waals surface area contributed by atoms with Crippen molar-refractivity contribution in [1.82, 2.24) is 4.90 Å². The Morgan fingerprint density at radius 2 is 1.73 bits per heavy atom. The summed E-state index contributed by atoms with van der Waals surface area (Å²) in [5, 5.41) is 10.7. The summed E-state index contributed by atoms with van der Waals surface area (Å²) in [7, 11) is 0. The van der Waals surface area contributed by atoms with E-state index in [4.69, 9.17) is 4.74 Å². The molecule has 124 valence electrons. The van der Waals surface area contributed by atoms with Gasteiger partial charge in [0, 0.05) is 24.8 Å². The molecular weight excluding hydrogens is 280 g/mol. The number of nitro benzene ring substituents is 1. The Morgan fingerprint density at radius 3 is 2.18 bits per heavy atom. The lowest BCUT2D eigenvalue weighted by Gasteiger charge is -2.30. The van der Waals surface area contributed by atoms with Crippen LogP contribution in [0.2, 0.25) is 0 Å². The van der Waals surface area contributed by atoms with E-state index in [2.05, 4.69) is 32.6 Å². The second-order valence-corrected chi connectivity index (χ2v) is 5.93. The van der Waals surface area contributed by atoms with Gasteiger partial charge in [-0.05, 0) is 31.0 Å². The monoisotopic (exact) mass is 308 g/mol. The first-order valence-corrected chi connectivity index (χ1v) is 8.03. The molecule has 1 unspecified atom stereocenters. The average Bonchev–Trinajstić information content (AvgIpc) is 2.48. The highest BCUT2D eigenvalue weighted by Crippen LogP contribution is 2.15. The van der Waals surface area contributed by atoms with Gasteiger partial charge < -0.3 is 4.74 Å². The quantitative estimate of drug-likeness (QED) is 0.490. The van der Waals surface area contributed by atoms with Gasteiger partial charge >= 0.3 is 0 Å². The fourth-order valence-corrected chi connectivity index (χ4v) is 2.50. The van der Waals surface area contributed by atoms with Crippen molar-refractivity contribution < 1.29 is 9.66 Å². The van der Waals surface area contributed by atoms with Crippen LogP contribution in [-0.4, -0.2) is 42.2 Å². The van der Waals surface area contributed by atoms with Crippen LogP contribution in [-0.2, 0) is 11.2 Å². The fourth-order valence-electron chi connectivity index (χ4n) is 2.50. The van der Waals surface area contributed by atoms with Crippen LogP contribution in [0.25, 0.3) is 0 Å². The van der Waals surface area contributed by atoms with E-state index < -0.39 is 0 Å². The zero-order valence-electron chi connectivity index (χ0n) is 14.1. The summed E-state index contributed by atoms with van der Waals surface area (Å²) in [6, 6.07) is 7.14. The summed E-state index contributed by atoms with van der Waals surface area (Å²) >= 11 is 0. The van der Waals surface area contributed by atoms with Crippen LogP contribution in [0.3, 0.4) is 0 Å². The number of rotatable bonds is 10. The molecule has 0 N–H and O–H groups in total. The fraction of sp³-hybridized carbons (Fsp3) is 0.647. The van der Waals surface area contributed by atoms with E-state index in [1.54, 1.807) is 12.1 Å². The van der Waals surface area contributed by atoms with Crippen molar-refractivity contribution in [3.05, 3.63) is 39.9 Å². The van der Waals surface area contributed by atoms with E-state index in [1.165, 1.54) is 0 Å². The molecule has 0 aromatic heterocycles. The van der Waals surface area contributed by atoms with Gasteiger partial charge in [0.05, 0.1) is 11.5 Å². The molecule has 1 rings (SSSR count). The van der Waals surface area contributed by atoms with E-state index in [1.807, 2.05) is 12.1 Å².